The van der Waals surface area contributed by atoms with Gasteiger partial charge in [0, 0.05) is 6.04 Å². The molecule has 1 aliphatic carbocycles. The van der Waals surface area contributed by atoms with E-state index >= 15 is 0 Å². The van der Waals surface area contributed by atoms with Crippen LogP contribution in [0.4, 0.5) is 0 Å². The first-order valence-electron chi connectivity index (χ1n) is 5.74. The third kappa shape index (κ3) is 3.43. The van der Waals surface area contributed by atoms with Crippen LogP contribution in [0.3, 0.4) is 0 Å². The molecule has 2 heteroatoms. The number of nitrogens with one attached hydrogen (secondary N) is 1. The Bertz CT molecular complexity index is 186. The van der Waals surface area contributed by atoms with E-state index in [-0.39, 0.29) is 0 Å². The molecule has 0 bridgehead atoms. The molecule has 0 aromatic heterocycles. The van der Waals surface area contributed by atoms with Crippen LogP contribution < -0.4 is 11.3 Å². The second-order valence-electron chi connectivity index (χ2n) is 4.96. The van der Waals surface area contributed by atoms with Crippen molar-refractivity contribution in [2.75, 3.05) is 0 Å². The molecule has 1 saturated carbocycles. The Morgan fingerprint density at radius 2 is 1.86 bits per heavy atom. The molecule has 0 heterocycles. The first kappa shape index (κ1) is 11.7. The van der Waals surface area contributed by atoms with Gasteiger partial charge in [-0.05, 0) is 38.5 Å². The molecule has 0 aliphatic heterocycles. The van der Waals surface area contributed by atoms with Crippen LogP contribution in [0.5, 0.6) is 0 Å². The Labute approximate surface area is 87.9 Å². The van der Waals surface area contributed by atoms with Crippen LogP contribution in [0.2, 0.25) is 0 Å². The van der Waals surface area contributed by atoms with Gasteiger partial charge in [-0.3, -0.25) is 11.3 Å². The van der Waals surface area contributed by atoms with Gasteiger partial charge in [-0.1, -0.05) is 31.4 Å². The average molecular weight is 196 g/mol. The average Bonchev–Trinajstić information content (AvgIpc) is 2.15. The van der Waals surface area contributed by atoms with Crippen molar-refractivity contribution >= 4 is 0 Å². The van der Waals surface area contributed by atoms with E-state index in [1.54, 1.807) is 0 Å². The molecule has 3 N–H and O–H groups in total. The third-order valence-electron chi connectivity index (χ3n) is 3.27. The summed E-state index contributed by atoms with van der Waals surface area (Å²) < 4.78 is 0. The van der Waals surface area contributed by atoms with Gasteiger partial charge < -0.3 is 0 Å². The lowest BCUT2D eigenvalue weighted by molar-refractivity contribution is 0.253. The van der Waals surface area contributed by atoms with Gasteiger partial charge >= 0.3 is 0 Å². The molecule has 0 radical (unpaired) electrons. The molecular formula is C12H24N2. The van der Waals surface area contributed by atoms with E-state index < -0.39 is 0 Å². The van der Waals surface area contributed by atoms with Crippen molar-refractivity contribution in [3.8, 4) is 0 Å². The second-order valence-corrected chi connectivity index (χ2v) is 4.96. The topological polar surface area (TPSA) is 38.0 Å². The second kappa shape index (κ2) is 5.52. The SMILES string of the molecule is CC(C)=CC(NN)C1CCC(C)CC1. The summed E-state index contributed by atoms with van der Waals surface area (Å²) in [6, 6.07) is 0.382. The molecule has 1 atom stereocenters. The van der Waals surface area contributed by atoms with E-state index in [1.807, 2.05) is 0 Å². The predicted molar refractivity (Wildman–Crippen MR) is 61.7 cm³/mol. The summed E-state index contributed by atoms with van der Waals surface area (Å²) in [6.45, 7) is 6.62. The van der Waals surface area contributed by atoms with Crippen molar-refractivity contribution in [1.29, 1.82) is 0 Å². The Hall–Kier alpha value is -0.340. The van der Waals surface area contributed by atoms with E-state index in [4.69, 9.17) is 5.84 Å². The van der Waals surface area contributed by atoms with Crippen molar-refractivity contribution in [1.82, 2.24) is 5.43 Å². The lowest BCUT2D eigenvalue weighted by atomic mass is 9.79. The predicted octanol–water partition coefficient (Wildman–Crippen LogP) is 2.61. The monoisotopic (exact) mass is 196 g/mol. The van der Waals surface area contributed by atoms with E-state index in [1.165, 1.54) is 31.3 Å². The fourth-order valence-electron chi connectivity index (χ4n) is 2.32. The number of hydrogen-bond acceptors (Lipinski definition) is 2. The van der Waals surface area contributed by atoms with Crippen LogP contribution in [0.1, 0.15) is 46.5 Å². The highest BCUT2D eigenvalue weighted by Crippen LogP contribution is 2.30. The largest absolute Gasteiger partial charge is 0.271 e. The lowest BCUT2D eigenvalue weighted by Crippen LogP contribution is -2.40. The standard InChI is InChI=1S/C12H24N2/c1-9(2)8-12(14-13)11-6-4-10(3)5-7-11/h8,10-12,14H,4-7,13H2,1-3H3. The summed E-state index contributed by atoms with van der Waals surface area (Å²) in [6.07, 6.45) is 7.62. The smallest absolute Gasteiger partial charge is 0.0421 e. The molecule has 1 fully saturated rings. The molecular weight excluding hydrogens is 172 g/mol. The zero-order valence-electron chi connectivity index (χ0n) is 9.72. The summed E-state index contributed by atoms with van der Waals surface area (Å²) in [7, 11) is 0. The summed E-state index contributed by atoms with van der Waals surface area (Å²) >= 11 is 0. The first-order chi connectivity index (χ1) is 6.63. The molecule has 1 rings (SSSR count). The van der Waals surface area contributed by atoms with Gasteiger partial charge in [-0.2, -0.15) is 0 Å². The molecule has 0 aromatic carbocycles. The summed E-state index contributed by atoms with van der Waals surface area (Å²) in [4.78, 5) is 0. The quantitative estimate of drug-likeness (QED) is 0.414. The molecule has 0 spiro atoms. The number of nitrogens with two attached hydrogens (primary N) is 1. The number of allylic oxidation sites excluding steroid dienone is 1. The first-order valence-corrected chi connectivity index (χ1v) is 5.74. The van der Waals surface area contributed by atoms with Crippen LogP contribution in [0.15, 0.2) is 11.6 Å². The summed E-state index contributed by atoms with van der Waals surface area (Å²) in [5.41, 5.74) is 4.29. The van der Waals surface area contributed by atoms with Crippen molar-refractivity contribution in [2.24, 2.45) is 17.7 Å². The lowest BCUT2D eigenvalue weighted by Gasteiger charge is -2.31. The minimum absolute atomic E-state index is 0.382. The van der Waals surface area contributed by atoms with Crippen molar-refractivity contribution < 1.29 is 0 Å². The highest BCUT2D eigenvalue weighted by atomic mass is 15.2. The fourth-order valence-corrected chi connectivity index (χ4v) is 2.32. The van der Waals surface area contributed by atoms with E-state index in [9.17, 15) is 0 Å². The number of hydrazine groups is 1. The molecule has 0 saturated heterocycles. The molecule has 0 aromatic rings. The summed E-state index contributed by atoms with van der Waals surface area (Å²) in [5.74, 6) is 7.25. The minimum Gasteiger partial charge on any atom is -0.271 e. The van der Waals surface area contributed by atoms with Gasteiger partial charge in [0.2, 0.25) is 0 Å². The zero-order valence-corrected chi connectivity index (χ0v) is 9.72. The normalized spacial score (nSPS) is 29.7. The van der Waals surface area contributed by atoms with Crippen molar-refractivity contribution in [2.45, 2.75) is 52.5 Å². The van der Waals surface area contributed by atoms with Gasteiger partial charge in [0.1, 0.15) is 0 Å². The Morgan fingerprint density at radius 3 is 2.29 bits per heavy atom. The molecule has 2 nitrogen and oxygen atoms in total. The molecule has 0 amide bonds. The van der Waals surface area contributed by atoms with Crippen molar-refractivity contribution in [3.63, 3.8) is 0 Å². The molecule has 1 aliphatic rings. The molecule has 14 heavy (non-hydrogen) atoms. The van der Waals surface area contributed by atoms with E-state index in [0.717, 1.165) is 11.8 Å². The van der Waals surface area contributed by atoms with E-state index in [2.05, 4.69) is 32.3 Å². The van der Waals surface area contributed by atoms with Crippen LogP contribution in [0, 0.1) is 11.8 Å². The highest BCUT2D eigenvalue weighted by molar-refractivity contribution is 5.03. The Kier molecular flexibility index (Phi) is 4.63. The molecule has 82 valence electrons. The van der Waals surface area contributed by atoms with E-state index in [0.29, 0.717) is 6.04 Å². The van der Waals surface area contributed by atoms with Gasteiger partial charge in [0.15, 0.2) is 0 Å². The van der Waals surface area contributed by atoms with Crippen LogP contribution in [0.25, 0.3) is 0 Å². The Balaban J connectivity index is 2.49. The van der Waals surface area contributed by atoms with Gasteiger partial charge in [0.05, 0.1) is 0 Å². The maximum absolute atomic E-state index is 5.59. The van der Waals surface area contributed by atoms with Crippen LogP contribution in [-0.2, 0) is 0 Å². The molecule has 1 unspecified atom stereocenters. The number of rotatable bonds is 3. The fraction of sp³-hybridized carbons (Fsp3) is 0.833. The summed E-state index contributed by atoms with van der Waals surface area (Å²) in [5, 5.41) is 0. The Morgan fingerprint density at radius 1 is 1.29 bits per heavy atom. The zero-order chi connectivity index (χ0) is 10.6. The van der Waals surface area contributed by atoms with Crippen LogP contribution in [-0.4, -0.2) is 6.04 Å². The van der Waals surface area contributed by atoms with Gasteiger partial charge in [-0.25, -0.2) is 0 Å². The van der Waals surface area contributed by atoms with Crippen LogP contribution >= 0.6 is 0 Å². The number of hydrogen-bond donors (Lipinski definition) is 2. The van der Waals surface area contributed by atoms with Gasteiger partial charge in [0.25, 0.3) is 0 Å². The van der Waals surface area contributed by atoms with Crippen molar-refractivity contribution in [3.05, 3.63) is 11.6 Å². The maximum atomic E-state index is 5.59. The third-order valence-corrected chi connectivity index (χ3v) is 3.27. The maximum Gasteiger partial charge on any atom is 0.0421 e. The highest BCUT2D eigenvalue weighted by Gasteiger charge is 2.23. The van der Waals surface area contributed by atoms with Gasteiger partial charge in [-0.15, -0.1) is 0 Å². The minimum atomic E-state index is 0.382.